The lowest BCUT2D eigenvalue weighted by molar-refractivity contribution is -0.123. The van der Waals surface area contributed by atoms with E-state index in [9.17, 15) is 14.4 Å². The van der Waals surface area contributed by atoms with Gasteiger partial charge < -0.3 is 15.7 Å². The smallest absolute Gasteiger partial charge is 0.335 e. The highest BCUT2D eigenvalue weighted by molar-refractivity contribution is 7.98. The van der Waals surface area contributed by atoms with Crippen LogP contribution >= 0.6 is 11.8 Å². The summed E-state index contributed by atoms with van der Waals surface area (Å²) in [6.07, 6.45) is 2.46. The lowest BCUT2D eigenvalue weighted by Crippen LogP contribution is -2.46. The topological polar surface area (TPSA) is 95.5 Å². The molecule has 0 aliphatic heterocycles. The Bertz CT molecular complexity index is 778. The number of benzene rings is 2. The largest absolute Gasteiger partial charge is 0.478 e. The van der Waals surface area contributed by atoms with Crippen LogP contribution in [0, 0.1) is 0 Å². The van der Waals surface area contributed by atoms with Crippen LogP contribution in [0.2, 0.25) is 0 Å². The number of carbonyl (C=O) groups is 3. The van der Waals surface area contributed by atoms with Crippen molar-refractivity contribution in [2.24, 2.45) is 0 Å². The first-order valence-electron chi connectivity index (χ1n) is 8.46. The van der Waals surface area contributed by atoms with E-state index in [0.717, 1.165) is 11.3 Å². The summed E-state index contributed by atoms with van der Waals surface area (Å²) in [7, 11) is 0. The second-order valence-electron chi connectivity index (χ2n) is 5.89. The molecule has 142 valence electrons. The minimum absolute atomic E-state index is 0.193. The molecule has 0 aromatic heterocycles. The van der Waals surface area contributed by atoms with Crippen molar-refractivity contribution in [3.05, 3.63) is 71.3 Å². The van der Waals surface area contributed by atoms with E-state index in [1.165, 1.54) is 12.1 Å². The fourth-order valence-electron chi connectivity index (χ4n) is 2.41. The van der Waals surface area contributed by atoms with E-state index in [1.54, 1.807) is 48.2 Å². The number of thioether (sulfide) groups is 1. The van der Waals surface area contributed by atoms with Gasteiger partial charge in [-0.25, -0.2) is 4.79 Å². The van der Waals surface area contributed by atoms with E-state index >= 15 is 0 Å². The SMILES string of the molecule is CSCCC(NC(=O)c1ccccc1)C(=O)NCc1ccc(C(=O)O)cc1. The Morgan fingerprint density at radius 1 is 1.00 bits per heavy atom. The second-order valence-corrected chi connectivity index (χ2v) is 6.88. The van der Waals surface area contributed by atoms with Crippen molar-refractivity contribution in [1.82, 2.24) is 10.6 Å². The van der Waals surface area contributed by atoms with Crippen LogP contribution in [0.1, 0.15) is 32.7 Å². The zero-order valence-corrected chi connectivity index (χ0v) is 15.8. The Kier molecular flexibility index (Phi) is 7.88. The Morgan fingerprint density at radius 3 is 2.26 bits per heavy atom. The van der Waals surface area contributed by atoms with Crippen LogP contribution in [0.5, 0.6) is 0 Å². The third-order valence-electron chi connectivity index (χ3n) is 3.94. The van der Waals surface area contributed by atoms with Crippen LogP contribution in [0.3, 0.4) is 0 Å². The van der Waals surface area contributed by atoms with Crippen molar-refractivity contribution >= 4 is 29.5 Å². The molecule has 2 amide bonds. The number of hydrogen-bond acceptors (Lipinski definition) is 4. The molecule has 2 aromatic carbocycles. The number of carbonyl (C=O) groups excluding carboxylic acids is 2. The average molecular weight is 386 g/mol. The summed E-state index contributed by atoms with van der Waals surface area (Å²) in [6.45, 7) is 0.260. The first kappa shape index (κ1) is 20.5. The van der Waals surface area contributed by atoms with Gasteiger partial charge in [-0.2, -0.15) is 11.8 Å². The quantitative estimate of drug-likeness (QED) is 0.616. The molecule has 0 saturated carbocycles. The van der Waals surface area contributed by atoms with Crippen molar-refractivity contribution < 1.29 is 19.5 Å². The number of hydrogen-bond donors (Lipinski definition) is 3. The van der Waals surface area contributed by atoms with E-state index in [-0.39, 0.29) is 23.9 Å². The molecule has 0 fully saturated rings. The molecular weight excluding hydrogens is 364 g/mol. The first-order chi connectivity index (χ1) is 13.0. The van der Waals surface area contributed by atoms with E-state index in [4.69, 9.17) is 5.11 Å². The lowest BCUT2D eigenvalue weighted by Gasteiger charge is -2.18. The van der Waals surface area contributed by atoms with Gasteiger partial charge in [0.25, 0.3) is 5.91 Å². The van der Waals surface area contributed by atoms with Gasteiger partial charge in [-0.3, -0.25) is 9.59 Å². The van der Waals surface area contributed by atoms with E-state index in [2.05, 4.69) is 10.6 Å². The molecule has 0 spiro atoms. The second kappa shape index (κ2) is 10.4. The highest BCUT2D eigenvalue weighted by Gasteiger charge is 2.20. The van der Waals surface area contributed by atoms with E-state index in [1.807, 2.05) is 12.3 Å². The van der Waals surface area contributed by atoms with Crippen LogP contribution in [-0.4, -0.2) is 40.9 Å². The monoisotopic (exact) mass is 386 g/mol. The molecule has 0 aliphatic carbocycles. The van der Waals surface area contributed by atoms with Crippen LogP contribution in [0.15, 0.2) is 54.6 Å². The van der Waals surface area contributed by atoms with Gasteiger partial charge in [0.1, 0.15) is 6.04 Å². The number of carboxylic acid groups (broad SMARTS) is 1. The van der Waals surface area contributed by atoms with Crippen LogP contribution in [0.25, 0.3) is 0 Å². The highest BCUT2D eigenvalue weighted by Crippen LogP contribution is 2.07. The number of aromatic carboxylic acids is 1. The van der Waals surface area contributed by atoms with Crippen LogP contribution in [0.4, 0.5) is 0 Å². The zero-order valence-electron chi connectivity index (χ0n) is 15.0. The first-order valence-corrected chi connectivity index (χ1v) is 9.85. The predicted octanol–water partition coefficient (Wildman–Crippen LogP) is 2.55. The molecular formula is C20H22N2O4S. The van der Waals surface area contributed by atoms with Gasteiger partial charge in [0, 0.05) is 12.1 Å². The van der Waals surface area contributed by atoms with Crippen LogP contribution < -0.4 is 10.6 Å². The van der Waals surface area contributed by atoms with Gasteiger partial charge in [0.05, 0.1) is 5.56 Å². The maximum absolute atomic E-state index is 12.5. The maximum atomic E-state index is 12.5. The van der Waals surface area contributed by atoms with Gasteiger partial charge in [-0.05, 0) is 48.3 Å². The number of nitrogens with one attached hydrogen (secondary N) is 2. The molecule has 2 rings (SSSR count). The summed E-state index contributed by atoms with van der Waals surface area (Å²) < 4.78 is 0. The van der Waals surface area contributed by atoms with Gasteiger partial charge in [-0.1, -0.05) is 30.3 Å². The van der Waals surface area contributed by atoms with Crippen molar-refractivity contribution in [2.45, 2.75) is 19.0 Å². The lowest BCUT2D eigenvalue weighted by atomic mass is 10.1. The summed E-state index contributed by atoms with van der Waals surface area (Å²) in [4.78, 5) is 35.8. The molecule has 6 nitrogen and oxygen atoms in total. The third-order valence-corrected chi connectivity index (χ3v) is 4.58. The molecule has 0 saturated heterocycles. The molecule has 0 aliphatic rings. The molecule has 0 heterocycles. The molecule has 0 bridgehead atoms. The summed E-state index contributed by atoms with van der Waals surface area (Å²) in [5, 5.41) is 14.5. The summed E-state index contributed by atoms with van der Waals surface area (Å²) in [5.41, 5.74) is 1.48. The van der Waals surface area contributed by atoms with Gasteiger partial charge >= 0.3 is 5.97 Å². The van der Waals surface area contributed by atoms with Gasteiger partial charge in [0.15, 0.2) is 0 Å². The molecule has 2 aromatic rings. The molecule has 27 heavy (non-hydrogen) atoms. The van der Waals surface area contributed by atoms with Crippen LogP contribution in [-0.2, 0) is 11.3 Å². The number of rotatable bonds is 9. The van der Waals surface area contributed by atoms with Crippen molar-refractivity contribution in [3.63, 3.8) is 0 Å². The standard InChI is InChI=1S/C20H22N2O4S/c1-27-12-11-17(22-18(23)15-5-3-2-4-6-15)19(24)21-13-14-7-9-16(10-8-14)20(25)26/h2-10,17H,11-13H2,1H3,(H,21,24)(H,22,23)(H,25,26). The summed E-state index contributed by atoms with van der Waals surface area (Å²) in [5.74, 6) is -0.815. The fraction of sp³-hybridized carbons (Fsp3) is 0.250. The average Bonchev–Trinajstić information content (AvgIpc) is 2.70. The van der Waals surface area contributed by atoms with Crippen molar-refractivity contribution in [2.75, 3.05) is 12.0 Å². The van der Waals surface area contributed by atoms with Crippen molar-refractivity contribution in [1.29, 1.82) is 0 Å². The van der Waals surface area contributed by atoms with Gasteiger partial charge in [-0.15, -0.1) is 0 Å². The van der Waals surface area contributed by atoms with Crippen molar-refractivity contribution in [3.8, 4) is 0 Å². The van der Waals surface area contributed by atoms with E-state index in [0.29, 0.717) is 12.0 Å². The molecule has 1 atom stereocenters. The van der Waals surface area contributed by atoms with E-state index < -0.39 is 12.0 Å². The normalized spacial score (nSPS) is 11.4. The highest BCUT2D eigenvalue weighted by atomic mass is 32.2. The number of amides is 2. The fourth-order valence-corrected chi connectivity index (χ4v) is 2.88. The summed E-state index contributed by atoms with van der Waals surface area (Å²) in [6, 6.07) is 14.4. The third kappa shape index (κ3) is 6.45. The summed E-state index contributed by atoms with van der Waals surface area (Å²) >= 11 is 1.60. The Balaban J connectivity index is 1.97. The zero-order chi connectivity index (χ0) is 19.6. The molecule has 3 N–H and O–H groups in total. The van der Waals surface area contributed by atoms with Gasteiger partial charge in [0.2, 0.25) is 5.91 Å². The Labute approximate surface area is 162 Å². The maximum Gasteiger partial charge on any atom is 0.335 e. The Hall–Kier alpha value is -2.80. The molecule has 7 heteroatoms. The Morgan fingerprint density at radius 2 is 1.67 bits per heavy atom. The molecule has 0 radical (unpaired) electrons. The number of carboxylic acids is 1. The molecule has 1 unspecified atom stereocenters. The minimum Gasteiger partial charge on any atom is -0.478 e. The minimum atomic E-state index is -0.994. The predicted molar refractivity (Wildman–Crippen MR) is 106 cm³/mol.